The fourth-order valence-electron chi connectivity index (χ4n) is 1.35. The Bertz CT molecular complexity index is 453. The first-order valence-electron chi connectivity index (χ1n) is 4.56. The zero-order valence-corrected chi connectivity index (χ0v) is 8.27. The van der Waals surface area contributed by atoms with Gasteiger partial charge in [-0.15, -0.1) is 0 Å². The Morgan fingerprint density at radius 2 is 1.87 bits per heavy atom. The van der Waals surface area contributed by atoms with E-state index in [0.717, 1.165) is 11.3 Å². The molecule has 1 aromatic carbocycles. The van der Waals surface area contributed by atoms with E-state index in [-0.39, 0.29) is 5.82 Å². The van der Waals surface area contributed by atoms with Crippen LogP contribution in [-0.2, 0) is 0 Å². The van der Waals surface area contributed by atoms with Crippen LogP contribution < -0.4 is 4.74 Å². The number of hydrogen-bond donors (Lipinski definition) is 0. The minimum atomic E-state index is -0.317. The number of hydrogen-bond acceptors (Lipinski definition) is 2. The molecule has 2 aromatic rings. The van der Waals surface area contributed by atoms with Gasteiger partial charge in [0.2, 0.25) is 0 Å². The molecule has 1 heterocycles. The number of pyridine rings is 1. The van der Waals surface area contributed by atoms with E-state index < -0.39 is 0 Å². The number of rotatable bonds is 2. The van der Waals surface area contributed by atoms with Gasteiger partial charge in [-0.3, -0.25) is 4.98 Å². The molecule has 0 radical (unpaired) electrons. The van der Waals surface area contributed by atoms with Crippen molar-refractivity contribution in [3.63, 3.8) is 0 Å². The summed E-state index contributed by atoms with van der Waals surface area (Å²) in [5.41, 5.74) is 1.11. The summed E-state index contributed by atoms with van der Waals surface area (Å²) in [7, 11) is 1.59. The van der Waals surface area contributed by atoms with Crippen LogP contribution in [0.3, 0.4) is 0 Å². The highest BCUT2D eigenvalue weighted by atomic mass is 19.1. The Hall–Kier alpha value is -1.90. The summed E-state index contributed by atoms with van der Waals surface area (Å²) in [6.45, 7) is 0. The highest BCUT2D eigenvalue weighted by Crippen LogP contribution is 2.22. The molecule has 0 unspecified atom stereocenters. The zero-order chi connectivity index (χ0) is 10.7. The maximum atomic E-state index is 13.4. The largest absolute Gasteiger partial charge is 0.497 e. The molecule has 0 spiro atoms. The van der Waals surface area contributed by atoms with E-state index in [4.69, 9.17) is 4.74 Å². The highest BCUT2D eigenvalue weighted by Gasteiger charge is 2.04. The van der Waals surface area contributed by atoms with Crippen molar-refractivity contribution in [2.45, 2.75) is 0 Å². The summed E-state index contributed by atoms with van der Waals surface area (Å²) >= 11 is 0. The molecule has 0 fully saturated rings. The molecule has 0 amide bonds. The Balaban J connectivity index is 2.42. The van der Waals surface area contributed by atoms with E-state index in [1.807, 2.05) is 0 Å². The fourth-order valence-corrected chi connectivity index (χ4v) is 1.35. The Morgan fingerprint density at radius 1 is 1.13 bits per heavy atom. The summed E-state index contributed by atoms with van der Waals surface area (Å²) in [5.74, 6) is 0.428. The third-order valence-electron chi connectivity index (χ3n) is 2.12. The van der Waals surface area contributed by atoms with Gasteiger partial charge in [0.15, 0.2) is 0 Å². The molecule has 0 saturated carbocycles. The van der Waals surface area contributed by atoms with Crippen molar-refractivity contribution < 1.29 is 9.13 Å². The highest BCUT2D eigenvalue weighted by molar-refractivity contribution is 5.60. The first-order valence-corrected chi connectivity index (χ1v) is 4.56. The average Bonchev–Trinajstić information content (AvgIpc) is 2.30. The van der Waals surface area contributed by atoms with Gasteiger partial charge in [-0.25, -0.2) is 4.39 Å². The predicted molar refractivity (Wildman–Crippen MR) is 56.2 cm³/mol. The molecule has 0 bridgehead atoms. The number of ether oxygens (including phenoxy) is 1. The SMILES string of the molecule is COc1ccc(-c2ncccc2F)cc1. The maximum Gasteiger partial charge on any atom is 0.149 e. The molecule has 0 atom stereocenters. The van der Waals surface area contributed by atoms with Gasteiger partial charge in [0, 0.05) is 11.8 Å². The van der Waals surface area contributed by atoms with Crippen LogP contribution in [0.25, 0.3) is 11.3 Å². The first kappa shape index (κ1) is 9.65. The van der Waals surface area contributed by atoms with Crippen LogP contribution in [0.2, 0.25) is 0 Å². The molecule has 76 valence electrons. The van der Waals surface area contributed by atoms with E-state index >= 15 is 0 Å². The van der Waals surface area contributed by atoms with E-state index in [1.165, 1.54) is 6.07 Å². The van der Waals surface area contributed by atoms with Gasteiger partial charge in [0.25, 0.3) is 0 Å². The Morgan fingerprint density at radius 3 is 2.47 bits per heavy atom. The van der Waals surface area contributed by atoms with Crippen molar-refractivity contribution in [3.8, 4) is 17.0 Å². The van der Waals surface area contributed by atoms with E-state index in [0.29, 0.717) is 5.69 Å². The van der Waals surface area contributed by atoms with Crippen molar-refractivity contribution in [1.29, 1.82) is 0 Å². The first-order chi connectivity index (χ1) is 7.31. The molecule has 0 aliphatic heterocycles. The molecule has 15 heavy (non-hydrogen) atoms. The summed E-state index contributed by atoms with van der Waals surface area (Å²) in [6, 6.07) is 10.1. The summed E-state index contributed by atoms with van der Waals surface area (Å²) in [4.78, 5) is 3.99. The fraction of sp³-hybridized carbons (Fsp3) is 0.0833. The van der Waals surface area contributed by atoms with Crippen LogP contribution in [0, 0.1) is 5.82 Å². The lowest BCUT2D eigenvalue weighted by Gasteiger charge is -2.03. The molecular weight excluding hydrogens is 193 g/mol. The number of benzene rings is 1. The number of nitrogens with zero attached hydrogens (tertiary/aromatic N) is 1. The lowest BCUT2D eigenvalue weighted by molar-refractivity contribution is 0.415. The maximum absolute atomic E-state index is 13.4. The van der Waals surface area contributed by atoms with Crippen LogP contribution >= 0.6 is 0 Å². The minimum Gasteiger partial charge on any atom is -0.497 e. The van der Waals surface area contributed by atoms with Crippen molar-refractivity contribution in [3.05, 3.63) is 48.4 Å². The van der Waals surface area contributed by atoms with Crippen molar-refractivity contribution in [2.24, 2.45) is 0 Å². The molecule has 0 saturated heterocycles. The van der Waals surface area contributed by atoms with Crippen LogP contribution in [0.5, 0.6) is 5.75 Å². The van der Waals surface area contributed by atoms with E-state index in [9.17, 15) is 4.39 Å². The van der Waals surface area contributed by atoms with E-state index in [1.54, 1.807) is 43.6 Å². The van der Waals surface area contributed by atoms with Gasteiger partial charge in [0.05, 0.1) is 7.11 Å². The predicted octanol–water partition coefficient (Wildman–Crippen LogP) is 2.90. The standard InChI is InChI=1S/C12H10FNO/c1-15-10-6-4-9(5-7-10)12-11(13)3-2-8-14-12/h2-8H,1H3. The number of aromatic nitrogens is 1. The molecule has 1 aromatic heterocycles. The molecule has 0 aliphatic carbocycles. The smallest absolute Gasteiger partial charge is 0.149 e. The minimum absolute atomic E-state index is 0.317. The third kappa shape index (κ3) is 1.96. The molecule has 0 aliphatic rings. The van der Waals surface area contributed by atoms with Crippen LogP contribution in [-0.4, -0.2) is 12.1 Å². The van der Waals surface area contributed by atoms with Gasteiger partial charge in [-0.2, -0.15) is 0 Å². The van der Waals surface area contributed by atoms with Gasteiger partial charge >= 0.3 is 0 Å². The van der Waals surface area contributed by atoms with Gasteiger partial charge in [-0.1, -0.05) is 0 Å². The number of halogens is 1. The Kier molecular flexibility index (Phi) is 2.63. The van der Waals surface area contributed by atoms with Gasteiger partial charge < -0.3 is 4.74 Å². The van der Waals surface area contributed by atoms with Crippen molar-refractivity contribution in [1.82, 2.24) is 4.98 Å². The molecule has 2 nitrogen and oxygen atoms in total. The Labute approximate surface area is 87.4 Å². The molecule has 2 rings (SSSR count). The number of methoxy groups -OCH3 is 1. The zero-order valence-electron chi connectivity index (χ0n) is 8.27. The molecule has 3 heteroatoms. The quantitative estimate of drug-likeness (QED) is 0.748. The monoisotopic (exact) mass is 203 g/mol. The average molecular weight is 203 g/mol. The second-order valence-corrected chi connectivity index (χ2v) is 3.06. The van der Waals surface area contributed by atoms with Crippen LogP contribution in [0.4, 0.5) is 4.39 Å². The third-order valence-corrected chi connectivity index (χ3v) is 2.12. The topological polar surface area (TPSA) is 22.1 Å². The van der Waals surface area contributed by atoms with Crippen LogP contribution in [0.15, 0.2) is 42.6 Å². The second kappa shape index (κ2) is 4.09. The summed E-state index contributed by atoms with van der Waals surface area (Å²) < 4.78 is 18.4. The lowest BCUT2D eigenvalue weighted by Crippen LogP contribution is -1.88. The molecular formula is C12H10FNO. The second-order valence-electron chi connectivity index (χ2n) is 3.06. The van der Waals surface area contributed by atoms with Gasteiger partial charge in [0.1, 0.15) is 17.3 Å². The van der Waals surface area contributed by atoms with E-state index in [2.05, 4.69) is 4.98 Å². The summed E-state index contributed by atoms with van der Waals surface area (Å²) in [6.07, 6.45) is 1.57. The van der Waals surface area contributed by atoms with Crippen LogP contribution in [0.1, 0.15) is 0 Å². The van der Waals surface area contributed by atoms with Gasteiger partial charge in [-0.05, 0) is 36.4 Å². The summed E-state index contributed by atoms with van der Waals surface area (Å²) in [5, 5.41) is 0. The lowest BCUT2D eigenvalue weighted by atomic mass is 10.1. The van der Waals surface area contributed by atoms with Crippen molar-refractivity contribution in [2.75, 3.05) is 7.11 Å². The molecule has 0 N–H and O–H groups in total. The van der Waals surface area contributed by atoms with Crippen molar-refractivity contribution >= 4 is 0 Å². The normalized spacial score (nSPS) is 10.0.